The van der Waals surface area contributed by atoms with Gasteiger partial charge in [-0.05, 0) is 59.0 Å². The van der Waals surface area contributed by atoms with E-state index in [9.17, 15) is 8.42 Å². The van der Waals surface area contributed by atoms with Gasteiger partial charge in [0.2, 0.25) is 0 Å². The minimum atomic E-state index is -3.62. The van der Waals surface area contributed by atoms with Gasteiger partial charge in [0.25, 0.3) is 10.0 Å². The number of pyridine rings is 1. The van der Waals surface area contributed by atoms with Gasteiger partial charge >= 0.3 is 0 Å². The number of anilines is 1. The van der Waals surface area contributed by atoms with Crippen LogP contribution in [-0.4, -0.2) is 13.4 Å². The average Bonchev–Trinajstić information content (AvgIpc) is 2.29. The van der Waals surface area contributed by atoms with Crippen molar-refractivity contribution in [2.75, 3.05) is 4.72 Å². The van der Waals surface area contributed by atoms with Crippen molar-refractivity contribution in [3.8, 4) is 0 Å². The first-order valence-corrected chi connectivity index (χ1v) is 7.82. The summed E-state index contributed by atoms with van der Waals surface area (Å²) < 4.78 is 27.4. The molecule has 94 valence electrons. The Kier molecular flexibility index (Phi) is 4.08. The summed E-state index contributed by atoms with van der Waals surface area (Å²) in [6.45, 7) is 0. The zero-order valence-electron chi connectivity index (χ0n) is 8.97. The van der Waals surface area contributed by atoms with E-state index in [1.54, 1.807) is 24.3 Å². The van der Waals surface area contributed by atoms with Crippen molar-refractivity contribution >= 4 is 50.0 Å². The monoisotopic (exact) mass is 394 g/mol. The summed E-state index contributed by atoms with van der Waals surface area (Å²) in [5.74, 6) is 0.195. The summed E-state index contributed by atoms with van der Waals surface area (Å²) in [5.41, 5.74) is 0. The lowest BCUT2D eigenvalue weighted by Gasteiger charge is -2.07. The van der Waals surface area contributed by atoms with E-state index in [0.717, 1.165) is 3.57 Å². The fraction of sp³-hybridized carbons (Fsp3) is 0. The first kappa shape index (κ1) is 13.6. The van der Waals surface area contributed by atoms with E-state index < -0.39 is 10.0 Å². The molecule has 0 aliphatic carbocycles. The van der Waals surface area contributed by atoms with Crippen LogP contribution in [0.5, 0.6) is 0 Å². The van der Waals surface area contributed by atoms with Crippen molar-refractivity contribution < 1.29 is 8.42 Å². The molecular weight excluding hydrogens is 387 g/mol. The predicted molar refractivity (Wildman–Crippen MR) is 79.2 cm³/mol. The molecule has 0 bridgehead atoms. The first-order valence-electron chi connectivity index (χ1n) is 4.88. The van der Waals surface area contributed by atoms with Crippen LogP contribution in [0.2, 0.25) is 5.15 Å². The Morgan fingerprint density at radius 3 is 2.39 bits per heavy atom. The number of aromatic nitrogens is 1. The van der Waals surface area contributed by atoms with Crippen LogP contribution in [0.15, 0.2) is 47.4 Å². The number of hydrogen-bond donors (Lipinski definition) is 1. The molecule has 7 heteroatoms. The molecule has 0 saturated carbocycles. The topological polar surface area (TPSA) is 59.1 Å². The molecule has 1 heterocycles. The Morgan fingerprint density at radius 1 is 1.11 bits per heavy atom. The molecule has 0 aliphatic heterocycles. The third-order valence-electron chi connectivity index (χ3n) is 2.08. The molecule has 4 nitrogen and oxygen atoms in total. The molecule has 0 atom stereocenters. The molecule has 0 amide bonds. The Hall–Kier alpha value is -0.860. The number of rotatable bonds is 3. The summed E-state index contributed by atoms with van der Waals surface area (Å²) >= 11 is 7.80. The van der Waals surface area contributed by atoms with Gasteiger partial charge in [-0.15, -0.1) is 0 Å². The van der Waals surface area contributed by atoms with Gasteiger partial charge in [0.1, 0.15) is 11.0 Å². The molecule has 0 unspecified atom stereocenters. The van der Waals surface area contributed by atoms with Gasteiger partial charge in [-0.1, -0.05) is 17.7 Å². The number of halogens is 2. The highest BCUT2D eigenvalue weighted by molar-refractivity contribution is 14.1. The lowest BCUT2D eigenvalue weighted by atomic mass is 10.4. The van der Waals surface area contributed by atoms with Gasteiger partial charge in [0, 0.05) is 3.57 Å². The molecular formula is C11H8ClIN2O2S. The number of nitrogens with one attached hydrogen (secondary N) is 1. The standard InChI is InChI=1S/C11H8ClIN2O2S/c12-10-2-1-3-11(14-10)15-18(16,17)9-6-4-8(13)5-7-9/h1-7H,(H,14,15). The van der Waals surface area contributed by atoms with Gasteiger partial charge in [0.15, 0.2) is 0 Å². The highest BCUT2D eigenvalue weighted by Gasteiger charge is 2.14. The van der Waals surface area contributed by atoms with Crippen molar-refractivity contribution in [1.29, 1.82) is 0 Å². The molecule has 2 rings (SSSR count). The highest BCUT2D eigenvalue weighted by Crippen LogP contribution is 2.17. The van der Waals surface area contributed by atoms with Gasteiger partial charge in [0.05, 0.1) is 4.90 Å². The van der Waals surface area contributed by atoms with Crippen molar-refractivity contribution in [2.45, 2.75) is 4.90 Å². The van der Waals surface area contributed by atoms with Crippen LogP contribution >= 0.6 is 34.2 Å². The van der Waals surface area contributed by atoms with Gasteiger partial charge in [-0.2, -0.15) is 0 Å². The minimum Gasteiger partial charge on any atom is -0.263 e. The van der Waals surface area contributed by atoms with Crippen LogP contribution in [0, 0.1) is 3.57 Å². The molecule has 0 saturated heterocycles. The van der Waals surface area contributed by atoms with E-state index in [1.807, 2.05) is 0 Å². The summed E-state index contributed by atoms with van der Waals surface area (Å²) in [6, 6.07) is 11.3. The maximum absolute atomic E-state index is 12.0. The normalized spacial score (nSPS) is 11.2. The summed E-state index contributed by atoms with van der Waals surface area (Å²) in [7, 11) is -3.62. The second kappa shape index (κ2) is 5.41. The van der Waals surface area contributed by atoms with Crippen LogP contribution in [0.1, 0.15) is 0 Å². The van der Waals surface area contributed by atoms with Crippen molar-refractivity contribution in [3.05, 3.63) is 51.2 Å². The zero-order chi connectivity index (χ0) is 13.2. The Bertz CT molecular complexity index is 659. The second-order valence-corrected chi connectivity index (χ2v) is 6.72. The van der Waals surface area contributed by atoms with Crippen LogP contribution in [-0.2, 0) is 10.0 Å². The average molecular weight is 395 g/mol. The quantitative estimate of drug-likeness (QED) is 0.643. The van der Waals surface area contributed by atoms with Crippen LogP contribution in [0.4, 0.5) is 5.82 Å². The molecule has 1 N–H and O–H groups in total. The van der Waals surface area contributed by atoms with Gasteiger partial charge in [-0.25, -0.2) is 13.4 Å². The first-order chi connectivity index (χ1) is 8.47. The third kappa shape index (κ3) is 3.33. The fourth-order valence-electron chi connectivity index (χ4n) is 1.28. The molecule has 0 aliphatic rings. The smallest absolute Gasteiger partial charge is 0.263 e. The molecule has 18 heavy (non-hydrogen) atoms. The number of nitrogens with zero attached hydrogens (tertiary/aromatic N) is 1. The predicted octanol–water partition coefficient (Wildman–Crippen LogP) is 3.14. The Balaban J connectivity index is 2.30. The van der Waals surface area contributed by atoms with E-state index in [0.29, 0.717) is 0 Å². The molecule has 1 aromatic carbocycles. The number of hydrogen-bond acceptors (Lipinski definition) is 3. The van der Waals surface area contributed by atoms with E-state index >= 15 is 0 Å². The Morgan fingerprint density at radius 2 is 1.78 bits per heavy atom. The molecule has 0 radical (unpaired) electrons. The molecule has 0 spiro atoms. The van der Waals surface area contributed by atoms with E-state index in [2.05, 4.69) is 32.3 Å². The van der Waals surface area contributed by atoms with Gasteiger partial charge in [-0.3, -0.25) is 4.72 Å². The van der Waals surface area contributed by atoms with Gasteiger partial charge < -0.3 is 0 Å². The maximum atomic E-state index is 12.0. The number of sulfonamides is 1. The van der Waals surface area contributed by atoms with Crippen molar-refractivity contribution in [3.63, 3.8) is 0 Å². The molecule has 2 aromatic rings. The zero-order valence-corrected chi connectivity index (χ0v) is 12.7. The van der Waals surface area contributed by atoms with Crippen molar-refractivity contribution in [1.82, 2.24) is 4.98 Å². The van der Waals surface area contributed by atoms with Crippen LogP contribution in [0.25, 0.3) is 0 Å². The van der Waals surface area contributed by atoms with E-state index in [4.69, 9.17) is 11.6 Å². The van der Waals surface area contributed by atoms with Crippen LogP contribution < -0.4 is 4.72 Å². The third-order valence-corrected chi connectivity index (χ3v) is 4.38. The Labute approximate surface area is 124 Å². The van der Waals surface area contributed by atoms with Crippen LogP contribution in [0.3, 0.4) is 0 Å². The molecule has 0 fully saturated rings. The second-order valence-electron chi connectivity index (χ2n) is 3.40. The van der Waals surface area contributed by atoms with E-state index in [1.165, 1.54) is 18.2 Å². The largest absolute Gasteiger partial charge is 0.263 e. The number of benzene rings is 1. The summed E-state index contributed by atoms with van der Waals surface area (Å²) in [5, 5.41) is 0.234. The lowest BCUT2D eigenvalue weighted by molar-refractivity contribution is 0.601. The van der Waals surface area contributed by atoms with E-state index in [-0.39, 0.29) is 15.9 Å². The maximum Gasteiger partial charge on any atom is 0.263 e. The molecule has 1 aromatic heterocycles. The lowest BCUT2D eigenvalue weighted by Crippen LogP contribution is -2.13. The summed E-state index contributed by atoms with van der Waals surface area (Å²) in [4.78, 5) is 4.06. The highest BCUT2D eigenvalue weighted by atomic mass is 127. The SMILES string of the molecule is O=S(=O)(Nc1cccc(Cl)n1)c1ccc(I)cc1. The fourth-order valence-corrected chi connectivity index (χ4v) is 2.80. The summed E-state index contributed by atoms with van der Waals surface area (Å²) in [6.07, 6.45) is 0. The minimum absolute atomic E-state index is 0.185. The van der Waals surface area contributed by atoms with Crippen molar-refractivity contribution in [2.24, 2.45) is 0 Å².